The van der Waals surface area contributed by atoms with Crippen molar-refractivity contribution in [3.63, 3.8) is 0 Å². The normalized spacial score (nSPS) is 17.1. The van der Waals surface area contributed by atoms with E-state index in [0.717, 1.165) is 43.6 Å². The molecule has 0 spiro atoms. The molecule has 55 heavy (non-hydrogen) atoms. The third-order valence-electron chi connectivity index (χ3n) is 11.6. The van der Waals surface area contributed by atoms with Crippen molar-refractivity contribution in [2.45, 2.75) is 51.9 Å². The van der Waals surface area contributed by atoms with Crippen LogP contribution in [0.3, 0.4) is 0 Å². The number of ether oxygens (including phenoxy) is 1. The topological polar surface area (TPSA) is 69.8 Å². The standard InChI is InChI=1S/C48H43BrN2O4/c1-30(46-48(4,5)43-37-19-11-7-15-33(37)35-17-9-13-21-39(35)45(43)51(46)26-27-55-29-52)28-31(49)22-23-40-47(2,3)42-36-18-10-6-14-32(36)34-16-8-12-20-38(34)44(42)50(40)25-24-41(53)54/h6-23,28-29H,24-27H2,1-5H3/p+1. The number of carbonyl (C=O) groups is 2. The Labute approximate surface area is 329 Å². The number of benzene rings is 6. The van der Waals surface area contributed by atoms with Crippen LogP contribution in [-0.2, 0) is 25.2 Å². The molecule has 0 aromatic heterocycles. The summed E-state index contributed by atoms with van der Waals surface area (Å²) in [5.74, 6) is -0.827. The van der Waals surface area contributed by atoms with Crippen molar-refractivity contribution in [2.24, 2.45) is 0 Å². The quantitative estimate of drug-likeness (QED) is 0.0492. The smallest absolute Gasteiger partial charge is 0.309 e. The first-order valence-electron chi connectivity index (χ1n) is 18.8. The third-order valence-corrected chi connectivity index (χ3v) is 12.1. The molecule has 2 aliphatic rings. The maximum absolute atomic E-state index is 12.0. The predicted octanol–water partition coefficient (Wildman–Crippen LogP) is 11.2. The van der Waals surface area contributed by atoms with Gasteiger partial charge in [-0.05, 0) is 82.4 Å². The number of hydrogen-bond donors (Lipinski definition) is 1. The average molecular weight is 793 g/mol. The monoisotopic (exact) mass is 791 g/mol. The Balaban J connectivity index is 1.28. The van der Waals surface area contributed by atoms with E-state index in [0.29, 0.717) is 19.6 Å². The van der Waals surface area contributed by atoms with E-state index < -0.39 is 11.4 Å². The molecule has 0 radical (unpaired) electrons. The van der Waals surface area contributed by atoms with Gasteiger partial charge in [0.1, 0.15) is 13.0 Å². The van der Waals surface area contributed by atoms with Crippen LogP contribution in [0.1, 0.15) is 52.2 Å². The highest BCUT2D eigenvalue weighted by atomic mass is 79.9. The minimum atomic E-state index is -0.827. The Bertz CT molecular complexity index is 2720. The van der Waals surface area contributed by atoms with E-state index in [1.54, 1.807) is 0 Å². The van der Waals surface area contributed by atoms with Crippen LogP contribution in [0.15, 0.2) is 131 Å². The van der Waals surface area contributed by atoms with E-state index in [-0.39, 0.29) is 18.4 Å². The van der Waals surface area contributed by atoms with E-state index >= 15 is 0 Å². The Kier molecular flexibility index (Phi) is 9.25. The summed E-state index contributed by atoms with van der Waals surface area (Å²) in [7, 11) is 0. The van der Waals surface area contributed by atoms with Crippen LogP contribution >= 0.6 is 15.9 Å². The fourth-order valence-electron chi connectivity index (χ4n) is 9.57. The lowest BCUT2D eigenvalue weighted by molar-refractivity contribution is -0.435. The van der Waals surface area contributed by atoms with Gasteiger partial charge in [-0.15, -0.1) is 0 Å². The highest BCUT2D eigenvalue weighted by Crippen LogP contribution is 2.55. The lowest BCUT2D eigenvalue weighted by atomic mass is 9.78. The molecule has 2 heterocycles. The molecule has 276 valence electrons. The number of allylic oxidation sites excluding steroid dienone is 6. The molecular weight excluding hydrogens is 748 g/mol. The van der Waals surface area contributed by atoms with Gasteiger partial charge in [0, 0.05) is 32.6 Å². The molecule has 0 aliphatic carbocycles. The number of fused-ring (bicyclic) bond motifs is 12. The second kappa shape index (κ2) is 14.0. The first kappa shape index (κ1) is 36.4. The lowest BCUT2D eigenvalue weighted by Gasteiger charge is -2.29. The van der Waals surface area contributed by atoms with Crippen molar-refractivity contribution in [3.05, 3.63) is 142 Å². The molecule has 8 rings (SSSR count). The van der Waals surface area contributed by atoms with E-state index in [2.05, 4.69) is 175 Å². The Morgan fingerprint density at radius 2 is 1.27 bits per heavy atom. The number of nitrogens with zero attached hydrogens (tertiary/aromatic N) is 2. The molecule has 2 aliphatic heterocycles. The molecule has 7 heteroatoms. The third kappa shape index (κ3) is 5.88. The van der Waals surface area contributed by atoms with E-state index in [1.165, 1.54) is 43.4 Å². The molecule has 0 unspecified atom stereocenters. The highest BCUT2D eigenvalue weighted by Gasteiger charge is 2.47. The maximum atomic E-state index is 12.0. The predicted molar refractivity (Wildman–Crippen MR) is 229 cm³/mol. The Morgan fingerprint density at radius 1 is 0.764 bits per heavy atom. The van der Waals surface area contributed by atoms with Crippen molar-refractivity contribution < 1.29 is 24.0 Å². The molecule has 1 N–H and O–H groups in total. The SMILES string of the molecule is CC(/C=C(Br)/C=C/C1=[N+](CCC(=O)O)c2c(c3ccccc3c3ccccc23)C1(C)C)=C1/N(CCOC=O)c2c(c3ccccc3c3ccccc23)C1(C)C. The van der Waals surface area contributed by atoms with Gasteiger partial charge >= 0.3 is 5.97 Å². The average Bonchev–Trinajstić information content (AvgIpc) is 3.55. The van der Waals surface area contributed by atoms with Gasteiger partial charge in [-0.3, -0.25) is 9.59 Å². The van der Waals surface area contributed by atoms with Crippen LogP contribution in [0.4, 0.5) is 11.4 Å². The fraction of sp³-hybridized carbons (Fsp3) is 0.229. The van der Waals surface area contributed by atoms with E-state index in [9.17, 15) is 14.7 Å². The van der Waals surface area contributed by atoms with E-state index in [4.69, 9.17) is 4.74 Å². The molecule has 0 fully saturated rings. The zero-order valence-electron chi connectivity index (χ0n) is 31.8. The number of anilines is 1. The van der Waals surface area contributed by atoms with Crippen LogP contribution in [0.2, 0.25) is 0 Å². The number of aliphatic carboxylic acids is 1. The lowest BCUT2D eigenvalue weighted by Crippen LogP contribution is -2.30. The summed E-state index contributed by atoms with van der Waals surface area (Å²) in [4.78, 5) is 25.7. The molecular formula is C48H44BrN2O4+. The molecule has 6 nitrogen and oxygen atoms in total. The minimum Gasteiger partial charge on any atom is -0.481 e. The van der Waals surface area contributed by atoms with Gasteiger partial charge in [0.25, 0.3) is 6.47 Å². The van der Waals surface area contributed by atoms with Crippen LogP contribution in [-0.4, -0.2) is 47.5 Å². The summed E-state index contributed by atoms with van der Waals surface area (Å²) >= 11 is 3.93. The van der Waals surface area contributed by atoms with Crippen LogP contribution < -0.4 is 4.90 Å². The van der Waals surface area contributed by atoms with Gasteiger partial charge in [-0.1, -0.05) is 121 Å². The van der Waals surface area contributed by atoms with Crippen molar-refractivity contribution in [3.8, 4) is 0 Å². The highest BCUT2D eigenvalue weighted by molar-refractivity contribution is 9.11. The fourth-order valence-corrected chi connectivity index (χ4v) is 10.0. The van der Waals surface area contributed by atoms with Crippen molar-refractivity contribution in [1.82, 2.24) is 0 Å². The minimum absolute atomic E-state index is 0.0128. The number of halogens is 1. The van der Waals surface area contributed by atoms with Gasteiger partial charge in [0.05, 0.1) is 23.0 Å². The largest absolute Gasteiger partial charge is 0.481 e. The molecule has 0 saturated heterocycles. The second-order valence-corrected chi connectivity index (χ2v) is 16.5. The summed E-state index contributed by atoms with van der Waals surface area (Å²) in [6.07, 6.45) is 6.42. The number of carboxylic acid groups (broad SMARTS) is 1. The summed E-state index contributed by atoms with van der Waals surface area (Å²) in [6, 6.07) is 34.2. The van der Waals surface area contributed by atoms with Crippen molar-refractivity contribution >= 4 is 88.5 Å². The zero-order chi connectivity index (χ0) is 38.6. The molecule has 0 amide bonds. The van der Waals surface area contributed by atoms with Gasteiger partial charge in [-0.2, -0.15) is 4.58 Å². The molecule has 0 saturated carbocycles. The summed E-state index contributed by atoms with van der Waals surface area (Å²) in [5, 5.41) is 19.3. The summed E-state index contributed by atoms with van der Waals surface area (Å²) in [5.41, 5.74) is 7.18. The summed E-state index contributed by atoms with van der Waals surface area (Å²) in [6.45, 7) is 12.8. The van der Waals surface area contributed by atoms with Gasteiger partial charge in [0.15, 0.2) is 12.3 Å². The Morgan fingerprint density at radius 3 is 1.85 bits per heavy atom. The van der Waals surface area contributed by atoms with Crippen molar-refractivity contribution in [2.75, 3.05) is 24.6 Å². The molecule has 6 aromatic carbocycles. The molecule has 0 bridgehead atoms. The maximum Gasteiger partial charge on any atom is 0.309 e. The van der Waals surface area contributed by atoms with Crippen LogP contribution in [0, 0.1) is 0 Å². The van der Waals surface area contributed by atoms with E-state index in [1.807, 2.05) is 0 Å². The van der Waals surface area contributed by atoms with Gasteiger partial charge in [-0.25, -0.2) is 0 Å². The second-order valence-electron chi connectivity index (χ2n) is 15.6. The molecule has 6 aromatic rings. The number of carboxylic acids is 1. The van der Waals surface area contributed by atoms with Gasteiger partial charge in [0.2, 0.25) is 5.69 Å². The number of carbonyl (C=O) groups excluding carboxylic acids is 1. The van der Waals surface area contributed by atoms with Crippen LogP contribution in [0.5, 0.6) is 0 Å². The number of hydrogen-bond acceptors (Lipinski definition) is 4. The zero-order valence-corrected chi connectivity index (χ0v) is 33.4. The Hall–Kier alpha value is -5.53. The first-order valence-corrected chi connectivity index (χ1v) is 19.6. The summed E-state index contributed by atoms with van der Waals surface area (Å²) < 4.78 is 8.41. The van der Waals surface area contributed by atoms with Crippen molar-refractivity contribution in [1.29, 1.82) is 0 Å². The first-order chi connectivity index (χ1) is 26.5. The number of rotatable bonds is 10. The van der Waals surface area contributed by atoms with Crippen LogP contribution in [0.25, 0.3) is 43.1 Å². The molecule has 0 atom stereocenters. The van der Waals surface area contributed by atoms with Gasteiger partial charge < -0.3 is 14.7 Å².